The second kappa shape index (κ2) is 8.42. The van der Waals surface area contributed by atoms with Crippen LogP contribution in [0.5, 0.6) is 0 Å². The summed E-state index contributed by atoms with van der Waals surface area (Å²) in [4.78, 5) is 15.5. The molecule has 1 N–H and O–H groups in total. The highest BCUT2D eigenvalue weighted by Crippen LogP contribution is 2.27. The van der Waals surface area contributed by atoms with Crippen LogP contribution in [0.1, 0.15) is 58.1 Å². The molecule has 1 aliphatic rings. The Morgan fingerprint density at radius 1 is 1.00 bits per heavy atom. The molecule has 0 unspecified atom stereocenters. The molecule has 4 heteroatoms. The van der Waals surface area contributed by atoms with Gasteiger partial charge >= 0.3 is 0 Å². The predicted molar refractivity (Wildman–Crippen MR) is 117 cm³/mol. The molecular formula is C25H30N2O2. The smallest absolute Gasteiger partial charge is 0.287 e. The third-order valence-corrected chi connectivity index (χ3v) is 6.05. The molecule has 0 spiro atoms. The molecule has 4 rings (SSSR count). The second-order valence-corrected chi connectivity index (χ2v) is 8.29. The molecule has 1 amide bonds. The van der Waals surface area contributed by atoms with Gasteiger partial charge in [-0.1, -0.05) is 48.4 Å². The van der Waals surface area contributed by atoms with Crippen LogP contribution in [0.25, 0.3) is 11.0 Å². The molecule has 3 aromatic rings. The number of amides is 1. The first kappa shape index (κ1) is 19.7. The highest BCUT2D eigenvalue weighted by molar-refractivity contribution is 5.99. The van der Waals surface area contributed by atoms with Crippen molar-refractivity contribution in [3.05, 3.63) is 70.5 Å². The van der Waals surface area contributed by atoms with Crippen molar-refractivity contribution in [2.45, 2.75) is 46.1 Å². The van der Waals surface area contributed by atoms with Crippen molar-refractivity contribution in [2.75, 3.05) is 19.6 Å². The Morgan fingerprint density at radius 2 is 1.69 bits per heavy atom. The predicted octanol–water partition coefficient (Wildman–Crippen LogP) is 5.32. The second-order valence-electron chi connectivity index (χ2n) is 8.29. The molecule has 0 saturated carbocycles. The maximum Gasteiger partial charge on any atom is 0.287 e. The maximum atomic E-state index is 13.0. The van der Waals surface area contributed by atoms with E-state index in [1.165, 1.54) is 30.4 Å². The molecule has 4 nitrogen and oxygen atoms in total. The van der Waals surface area contributed by atoms with Crippen LogP contribution in [0, 0.1) is 20.8 Å². The van der Waals surface area contributed by atoms with Gasteiger partial charge < -0.3 is 9.73 Å². The van der Waals surface area contributed by atoms with Gasteiger partial charge in [0.2, 0.25) is 0 Å². The zero-order valence-corrected chi connectivity index (χ0v) is 17.6. The maximum absolute atomic E-state index is 13.0. The highest BCUT2D eigenvalue weighted by atomic mass is 16.3. The first-order valence-corrected chi connectivity index (χ1v) is 10.6. The third-order valence-electron chi connectivity index (χ3n) is 6.05. The number of hydrogen-bond donors (Lipinski definition) is 1. The fraction of sp³-hybridized carbons (Fsp3) is 0.400. The first-order valence-electron chi connectivity index (χ1n) is 10.6. The molecular weight excluding hydrogens is 360 g/mol. The van der Waals surface area contributed by atoms with Gasteiger partial charge in [-0.25, -0.2) is 0 Å². The number of fused-ring (bicyclic) bond motifs is 1. The molecule has 2 aromatic carbocycles. The van der Waals surface area contributed by atoms with E-state index >= 15 is 0 Å². The number of aryl methyl sites for hydroxylation is 3. The lowest BCUT2D eigenvalue weighted by Gasteiger charge is -2.35. The van der Waals surface area contributed by atoms with Crippen molar-refractivity contribution in [1.82, 2.24) is 10.2 Å². The Bertz CT molecular complexity index is 998. The molecule has 29 heavy (non-hydrogen) atoms. The van der Waals surface area contributed by atoms with Gasteiger partial charge in [0, 0.05) is 17.5 Å². The summed E-state index contributed by atoms with van der Waals surface area (Å²) in [5.41, 5.74) is 5.32. The van der Waals surface area contributed by atoms with Crippen LogP contribution in [-0.2, 0) is 0 Å². The molecule has 0 bridgehead atoms. The molecule has 1 aliphatic heterocycles. The zero-order chi connectivity index (χ0) is 20.4. The van der Waals surface area contributed by atoms with E-state index in [0.717, 1.165) is 35.2 Å². The van der Waals surface area contributed by atoms with Crippen molar-refractivity contribution in [1.29, 1.82) is 0 Å². The summed E-state index contributed by atoms with van der Waals surface area (Å²) in [6.07, 6.45) is 3.73. The van der Waals surface area contributed by atoms with Crippen LogP contribution < -0.4 is 5.32 Å². The molecule has 1 fully saturated rings. The lowest BCUT2D eigenvalue weighted by molar-refractivity contribution is 0.0898. The number of nitrogens with zero attached hydrogens (tertiary/aromatic N) is 1. The Morgan fingerprint density at radius 3 is 2.41 bits per heavy atom. The number of carbonyl (C=O) groups excluding carboxylic acids is 1. The van der Waals surface area contributed by atoms with E-state index in [9.17, 15) is 4.79 Å². The molecule has 0 radical (unpaired) electrons. The zero-order valence-electron chi connectivity index (χ0n) is 17.6. The summed E-state index contributed by atoms with van der Waals surface area (Å²) >= 11 is 0. The van der Waals surface area contributed by atoms with E-state index < -0.39 is 0 Å². The van der Waals surface area contributed by atoms with E-state index in [4.69, 9.17) is 4.42 Å². The number of rotatable bonds is 5. The van der Waals surface area contributed by atoms with Gasteiger partial charge in [0.05, 0.1) is 6.04 Å². The summed E-state index contributed by atoms with van der Waals surface area (Å²) in [7, 11) is 0. The van der Waals surface area contributed by atoms with Gasteiger partial charge in [-0.15, -0.1) is 0 Å². The SMILES string of the molecule is Cc1ccc([C@@H](CNC(=O)c2oc3cc(C)ccc3c2C)N2CCCCC2)cc1. The third kappa shape index (κ3) is 4.23. The van der Waals surface area contributed by atoms with Crippen LogP contribution in [0.3, 0.4) is 0 Å². The minimum absolute atomic E-state index is 0.134. The molecule has 152 valence electrons. The number of benzene rings is 2. The first-order chi connectivity index (χ1) is 14.0. The molecule has 1 aromatic heterocycles. The summed E-state index contributed by atoms with van der Waals surface area (Å²) < 4.78 is 5.92. The van der Waals surface area contributed by atoms with Gasteiger partial charge in [-0.2, -0.15) is 0 Å². The number of carbonyl (C=O) groups is 1. The van der Waals surface area contributed by atoms with E-state index in [1.807, 2.05) is 26.0 Å². The summed E-state index contributed by atoms with van der Waals surface area (Å²) in [6, 6.07) is 14.9. The van der Waals surface area contributed by atoms with Gasteiger partial charge in [0.25, 0.3) is 5.91 Å². The Balaban J connectivity index is 1.54. The fourth-order valence-corrected chi connectivity index (χ4v) is 4.30. The van der Waals surface area contributed by atoms with E-state index in [1.54, 1.807) is 0 Å². The van der Waals surface area contributed by atoms with Crippen molar-refractivity contribution < 1.29 is 9.21 Å². The normalized spacial score (nSPS) is 16.1. The summed E-state index contributed by atoms with van der Waals surface area (Å²) in [5, 5.41) is 4.16. The largest absolute Gasteiger partial charge is 0.451 e. The minimum atomic E-state index is -0.134. The van der Waals surface area contributed by atoms with Gasteiger partial charge in [-0.05, 0) is 63.9 Å². The molecule has 2 heterocycles. The number of hydrogen-bond acceptors (Lipinski definition) is 3. The van der Waals surface area contributed by atoms with Crippen molar-refractivity contribution in [3.8, 4) is 0 Å². The van der Waals surface area contributed by atoms with Crippen LogP contribution in [0.4, 0.5) is 0 Å². The minimum Gasteiger partial charge on any atom is -0.451 e. The summed E-state index contributed by atoms with van der Waals surface area (Å²) in [6.45, 7) is 8.83. The standard InChI is InChI=1S/C25H30N2O2/c1-17-7-10-20(11-8-17)22(27-13-5-4-6-14-27)16-26-25(28)24-19(3)21-12-9-18(2)15-23(21)29-24/h7-12,15,22H,4-6,13-14,16H2,1-3H3,(H,26,28)/t22-/m1/s1. The Hall–Kier alpha value is -2.59. The van der Waals surface area contributed by atoms with Gasteiger partial charge in [0.1, 0.15) is 5.58 Å². The Kier molecular flexibility index (Phi) is 5.72. The van der Waals surface area contributed by atoms with Crippen LogP contribution in [0.15, 0.2) is 46.9 Å². The van der Waals surface area contributed by atoms with E-state index in [2.05, 4.69) is 47.5 Å². The number of likely N-dealkylation sites (tertiary alicyclic amines) is 1. The lowest BCUT2D eigenvalue weighted by atomic mass is 10.0. The van der Waals surface area contributed by atoms with Crippen LogP contribution in [-0.4, -0.2) is 30.4 Å². The number of piperidine rings is 1. The topological polar surface area (TPSA) is 45.5 Å². The quantitative estimate of drug-likeness (QED) is 0.642. The Labute approximate surface area is 172 Å². The average Bonchev–Trinajstić information content (AvgIpc) is 3.06. The van der Waals surface area contributed by atoms with E-state index in [0.29, 0.717) is 12.3 Å². The van der Waals surface area contributed by atoms with Crippen molar-refractivity contribution >= 4 is 16.9 Å². The van der Waals surface area contributed by atoms with Crippen LogP contribution in [0.2, 0.25) is 0 Å². The van der Waals surface area contributed by atoms with Crippen molar-refractivity contribution in [2.24, 2.45) is 0 Å². The lowest BCUT2D eigenvalue weighted by Crippen LogP contribution is -2.40. The monoisotopic (exact) mass is 390 g/mol. The molecule has 0 aliphatic carbocycles. The van der Waals surface area contributed by atoms with Gasteiger partial charge in [0.15, 0.2) is 5.76 Å². The highest BCUT2D eigenvalue weighted by Gasteiger charge is 2.24. The number of furan rings is 1. The summed E-state index contributed by atoms with van der Waals surface area (Å²) in [5.74, 6) is 0.289. The average molecular weight is 391 g/mol. The van der Waals surface area contributed by atoms with E-state index in [-0.39, 0.29) is 11.9 Å². The molecule has 1 atom stereocenters. The van der Waals surface area contributed by atoms with Crippen molar-refractivity contribution in [3.63, 3.8) is 0 Å². The molecule has 1 saturated heterocycles. The van der Waals surface area contributed by atoms with Crippen LogP contribution >= 0.6 is 0 Å². The fourth-order valence-electron chi connectivity index (χ4n) is 4.30. The number of nitrogens with one attached hydrogen (secondary N) is 1. The van der Waals surface area contributed by atoms with Gasteiger partial charge in [-0.3, -0.25) is 9.69 Å².